The van der Waals surface area contributed by atoms with E-state index in [1.54, 1.807) is 0 Å². The van der Waals surface area contributed by atoms with Crippen molar-refractivity contribution in [2.75, 3.05) is 6.54 Å². The highest BCUT2D eigenvalue weighted by molar-refractivity contribution is 5.84. The number of carbonyl (C=O) groups is 1. The normalized spacial score (nSPS) is 16.8. The van der Waals surface area contributed by atoms with Crippen molar-refractivity contribution in [2.24, 2.45) is 0 Å². The summed E-state index contributed by atoms with van der Waals surface area (Å²) >= 11 is 0. The van der Waals surface area contributed by atoms with Crippen LogP contribution in [0.5, 0.6) is 0 Å². The fraction of sp³-hybridized carbons (Fsp3) is 0.429. The number of hydrazine groups is 1. The van der Waals surface area contributed by atoms with E-state index in [2.05, 4.69) is 5.43 Å². The molecule has 4 nitrogen and oxygen atoms in total. The first-order valence-corrected chi connectivity index (χ1v) is 3.47. The number of amides is 1. The van der Waals surface area contributed by atoms with Gasteiger partial charge in [0.05, 0.1) is 6.54 Å². The Labute approximate surface area is 65.4 Å². The van der Waals surface area contributed by atoms with Gasteiger partial charge in [-0.25, -0.2) is 0 Å². The summed E-state index contributed by atoms with van der Waals surface area (Å²) in [6, 6.07) is 0. The lowest BCUT2D eigenvalue weighted by atomic mass is 10.3. The lowest BCUT2D eigenvalue weighted by Crippen LogP contribution is -2.46. The van der Waals surface area contributed by atoms with Crippen LogP contribution in [-0.4, -0.2) is 23.3 Å². The summed E-state index contributed by atoms with van der Waals surface area (Å²) in [4.78, 5) is 10.6. The van der Waals surface area contributed by atoms with Gasteiger partial charge in [0.2, 0.25) is 5.91 Å². The fourth-order valence-electron chi connectivity index (χ4n) is 0.898. The Hall–Kier alpha value is -1.32. The molecule has 0 fully saturated rings. The van der Waals surface area contributed by atoms with Crippen LogP contribution in [0.2, 0.25) is 0 Å². The van der Waals surface area contributed by atoms with Crippen LogP contribution in [0.3, 0.4) is 0 Å². The predicted molar refractivity (Wildman–Crippen MR) is 42.0 cm³/mol. The fourth-order valence-corrected chi connectivity index (χ4v) is 0.898. The molecule has 0 atom stereocenters. The maximum atomic E-state index is 10.6. The number of carbonyl (C=O) groups excluding carboxylic acids is 1. The molecule has 4 heteroatoms. The molecule has 1 rings (SSSR count). The molecule has 60 valence electrons. The van der Waals surface area contributed by atoms with Crippen LogP contribution in [0.4, 0.5) is 0 Å². The standard InChI is InChI=1S/C7H11N3O/c1-6(11)9-10-5-3-2-4-7(10)8/h2-3,8H,4-5H2,1H3,(H,9,11). The Kier molecular flexibility index (Phi) is 2.25. The molecular weight excluding hydrogens is 142 g/mol. The summed E-state index contributed by atoms with van der Waals surface area (Å²) in [5.74, 6) is 0.299. The van der Waals surface area contributed by atoms with E-state index >= 15 is 0 Å². The second kappa shape index (κ2) is 3.18. The van der Waals surface area contributed by atoms with Gasteiger partial charge < -0.3 is 0 Å². The van der Waals surface area contributed by atoms with Gasteiger partial charge in [0.15, 0.2) is 0 Å². The van der Waals surface area contributed by atoms with Crippen LogP contribution in [0.1, 0.15) is 13.3 Å². The Morgan fingerprint density at radius 2 is 2.45 bits per heavy atom. The van der Waals surface area contributed by atoms with Crippen molar-refractivity contribution in [1.82, 2.24) is 10.4 Å². The highest BCUT2D eigenvalue weighted by Gasteiger charge is 2.10. The minimum absolute atomic E-state index is 0.134. The quantitative estimate of drug-likeness (QED) is 0.531. The SMILES string of the molecule is CC(=O)NN1CC=CCC1=N. The van der Waals surface area contributed by atoms with Gasteiger partial charge in [0.1, 0.15) is 5.84 Å². The topological polar surface area (TPSA) is 56.2 Å². The second-order valence-electron chi connectivity index (χ2n) is 2.40. The highest BCUT2D eigenvalue weighted by atomic mass is 16.2. The Morgan fingerprint density at radius 3 is 3.00 bits per heavy atom. The number of nitrogens with one attached hydrogen (secondary N) is 2. The molecule has 0 aromatic heterocycles. The second-order valence-corrected chi connectivity index (χ2v) is 2.40. The maximum Gasteiger partial charge on any atom is 0.235 e. The van der Waals surface area contributed by atoms with Crippen LogP contribution in [0, 0.1) is 5.41 Å². The zero-order valence-electron chi connectivity index (χ0n) is 6.42. The van der Waals surface area contributed by atoms with Gasteiger partial charge in [-0.05, 0) is 0 Å². The number of nitrogens with zero attached hydrogens (tertiary/aromatic N) is 1. The minimum atomic E-state index is -0.134. The molecule has 0 unspecified atom stereocenters. The zero-order chi connectivity index (χ0) is 8.27. The molecule has 0 radical (unpaired) electrons. The zero-order valence-corrected chi connectivity index (χ0v) is 6.42. The summed E-state index contributed by atoms with van der Waals surface area (Å²) < 4.78 is 0. The molecule has 0 aromatic carbocycles. The molecule has 2 N–H and O–H groups in total. The molecule has 1 amide bonds. The Morgan fingerprint density at radius 1 is 1.73 bits per heavy atom. The molecule has 0 saturated carbocycles. The van der Waals surface area contributed by atoms with Gasteiger partial charge >= 0.3 is 0 Å². The monoisotopic (exact) mass is 153 g/mol. The van der Waals surface area contributed by atoms with Gasteiger partial charge in [-0.15, -0.1) is 0 Å². The molecular formula is C7H11N3O. The number of hydrogen-bond acceptors (Lipinski definition) is 2. The van der Waals surface area contributed by atoms with Crippen molar-refractivity contribution in [1.29, 1.82) is 5.41 Å². The van der Waals surface area contributed by atoms with Crippen molar-refractivity contribution < 1.29 is 4.79 Å². The van der Waals surface area contributed by atoms with Gasteiger partial charge in [0, 0.05) is 13.3 Å². The molecule has 0 aliphatic carbocycles. The van der Waals surface area contributed by atoms with E-state index in [0.29, 0.717) is 18.8 Å². The average Bonchev–Trinajstić information content (AvgIpc) is 1.93. The summed E-state index contributed by atoms with van der Waals surface area (Å²) in [6.45, 7) is 2.03. The smallest absolute Gasteiger partial charge is 0.235 e. The van der Waals surface area contributed by atoms with Crippen LogP contribution in [0.25, 0.3) is 0 Å². The van der Waals surface area contributed by atoms with Crippen LogP contribution in [0.15, 0.2) is 12.2 Å². The van der Waals surface area contributed by atoms with Crippen LogP contribution < -0.4 is 5.43 Å². The Bertz CT molecular complexity index is 210. The third-order valence-electron chi connectivity index (χ3n) is 1.38. The first kappa shape index (κ1) is 7.78. The van der Waals surface area contributed by atoms with E-state index in [4.69, 9.17) is 5.41 Å². The van der Waals surface area contributed by atoms with Gasteiger partial charge in [-0.2, -0.15) is 0 Å². The first-order chi connectivity index (χ1) is 5.20. The molecule has 1 heterocycles. The minimum Gasteiger partial charge on any atom is -0.287 e. The number of rotatable bonds is 1. The van der Waals surface area contributed by atoms with E-state index < -0.39 is 0 Å². The third-order valence-corrected chi connectivity index (χ3v) is 1.38. The lowest BCUT2D eigenvalue weighted by Gasteiger charge is -2.25. The van der Waals surface area contributed by atoms with Crippen LogP contribution >= 0.6 is 0 Å². The maximum absolute atomic E-state index is 10.6. The van der Waals surface area contributed by atoms with Gasteiger partial charge in [0.25, 0.3) is 0 Å². The van der Waals surface area contributed by atoms with Crippen molar-refractivity contribution in [3.05, 3.63) is 12.2 Å². The summed E-state index contributed by atoms with van der Waals surface area (Å²) in [5.41, 5.74) is 2.55. The number of amidine groups is 1. The van der Waals surface area contributed by atoms with E-state index in [1.807, 2.05) is 12.2 Å². The van der Waals surface area contributed by atoms with E-state index in [9.17, 15) is 4.79 Å². The highest BCUT2D eigenvalue weighted by Crippen LogP contribution is 1.99. The lowest BCUT2D eigenvalue weighted by molar-refractivity contribution is -0.122. The predicted octanol–water partition coefficient (Wildman–Crippen LogP) is 0.277. The third kappa shape index (κ3) is 2.07. The molecule has 1 aliphatic heterocycles. The van der Waals surface area contributed by atoms with Crippen molar-refractivity contribution >= 4 is 11.7 Å². The van der Waals surface area contributed by atoms with Gasteiger partial charge in [-0.1, -0.05) is 12.2 Å². The molecule has 1 aliphatic rings. The Balaban J connectivity index is 2.51. The first-order valence-electron chi connectivity index (χ1n) is 3.47. The van der Waals surface area contributed by atoms with E-state index in [1.165, 1.54) is 11.9 Å². The van der Waals surface area contributed by atoms with E-state index in [-0.39, 0.29) is 5.91 Å². The molecule has 0 spiro atoms. The summed E-state index contributed by atoms with van der Waals surface area (Å²) in [7, 11) is 0. The molecule has 0 aromatic rings. The number of hydrogen-bond donors (Lipinski definition) is 2. The van der Waals surface area contributed by atoms with E-state index in [0.717, 1.165) is 0 Å². The van der Waals surface area contributed by atoms with Gasteiger partial charge in [-0.3, -0.25) is 20.6 Å². The molecule has 0 bridgehead atoms. The summed E-state index contributed by atoms with van der Waals surface area (Å²) in [6.07, 6.45) is 4.44. The molecule has 0 saturated heterocycles. The largest absolute Gasteiger partial charge is 0.287 e. The van der Waals surface area contributed by atoms with Crippen molar-refractivity contribution in [3.8, 4) is 0 Å². The average molecular weight is 153 g/mol. The summed E-state index contributed by atoms with van der Waals surface area (Å²) in [5, 5.41) is 8.93. The van der Waals surface area contributed by atoms with Crippen LogP contribution in [-0.2, 0) is 4.79 Å². The van der Waals surface area contributed by atoms with Crippen molar-refractivity contribution in [2.45, 2.75) is 13.3 Å². The molecule has 11 heavy (non-hydrogen) atoms. The van der Waals surface area contributed by atoms with Crippen molar-refractivity contribution in [3.63, 3.8) is 0 Å².